The van der Waals surface area contributed by atoms with Crippen molar-refractivity contribution in [3.63, 3.8) is 0 Å². The summed E-state index contributed by atoms with van der Waals surface area (Å²) in [5, 5.41) is 0. The molecule has 1 aliphatic heterocycles. The van der Waals surface area contributed by atoms with Crippen LogP contribution in [0.2, 0.25) is 0 Å². The molecular weight excluding hydrogens is 237 g/mol. The molecule has 0 aromatic rings. The minimum atomic E-state index is 0. The maximum Gasteiger partial charge on any atom is 0.0935 e. The van der Waals surface area contributed by atoms with Crippen LogP contribution in [0.1, 0.15) is 13.8 Å². The van der Waals surface area contributed by atoms with E-state index in [-0.39, 0.29) is 24.0 Å². The van der Waals surface area contributed by atoms with Crippen LogP contribution in [0, 0.1) is 0 Å². The second kappa shape index (κ2) is 6.92. The highest BCUT2D eigenvalue weighted by atomic mass is 35.5. The standard InChI is InChI=1S/C10H20ClNO2.ClH/c1-10(2)8-14-9(7-13-3)6-12(10)5-4-11;/h9H,4-8H2,1-3H3;1H/t9-;/m0./s1. The maximum absolute atomic E-state index is 5.77. The number of nitrogens with zero attached hydrogens (tertiary/aromatic N) is 1. The molecule has 92 valence electrons. The molecule has 1 atom stereocenters. The first-order valence-corrected chi connectivity index (χ1v) is 5.55. The predicted molar refractivity (Wildman–Crippen MR) is 65.2 cm³/mol. The maximum atomic E-state index is 5.77. The van der Waals surface area contributed by atoms with E-state index >= 15 is 0 Å². The van der Waals surface area contributed by atoms with E-state index in [1.54, 1.807) is 7.11 Å². The van der Waals surface area contributed by atoms with E-state index in [0.29, 0.717) is 12.5 Å². The van der Waals surface area contributed by atoms with Crippen LogP contribution in [-0.2, 0) is 9.47 Å². The van der Waals surface area contributed by atoms with Crippen molar-refractivity contribution in [1.82, 2.24) is 4.90 Å². The van der Waals surface area contributed by atoms with E-state index in [1.165, 1.54) is 0 Å². The first-order chi connectivity index (χ1) is 6.60. The van der Waals surface area contributed by atoms with Gasteiger partial charge in [-0.05, 0) is 13.8 Å². The molecule has 0 aliphatic carbocycles. The zero-order valence-corrected chi connectivity index (χ0v) is 11.2. The number of morpholine rings is 1. The Morgan fingerprint density at radius 1 is 1.53 bits per heavy atom. The van der Waals surface area contributed by atoms with Crippen LogP contribution in [0.5, 0.6) is 0 Å². The molecule has 0 N–H and O–H groups in total. The molecule has 0 spiro atoms. The van der Waals surface area contributed by atoms with Crippen molar-refractivity contribution in [3.05, 3.63) is 0 Å². The second-order valence-corrected chi connectivity index (χ2v) is 4.71. The van der Waals surface area contributed by atoms with E-state index in [4.69, 9.17) is 21.1 Å². The summed E-state index contributed by atoms with van der Waals surface area (Å²) in [7, 11) is 1.70. The fourth-order valence-electron chi connectivity index (χ4n) is 1.74. The van der Waals surface area contributed by atoms with Crippen molar-refractivity contribution in [3.8, 4) is 0 Å². The lowest BCUT2D eigenvalue weighted by atomic mass is 10.0. The third-order valence-electron chi connectivity index (χ3n) is 2.66. The third kappa shape index (κ3) is 4.45. The number of ether oxygens (including phenoxy) is 2. The summed E-state index contributed by atoms with van der Waals surface area (Å²) >= 11 is 5.77. The molecule has 0 bridgehead atoms. The second-order valence-electron chi connectivity index (χ2n) is 4.34. The topological polar surface area (TPSA) is 21.7 Å². The van der Waals surface area contributed by atoms with Crippen molar-refractivity contribution in [2.45, 2.75) is 25.5 Å². The van der Waals surface area contributed by atoms with Gasteiger partial charge in [0.15, 0.2) is 0 Å². The van der Waals surface area contributed by atoms with E-state index in [1.807, 2.05) is 0 Å². The molecule has 0 amide bonds. The van der Waals surface area contributed by atoms with Gasteiger partial charge in [0, 0.05) is 31.6 Å². The van der Waals surface area contributed by atoms with Crippen molar-refractivity contribution in [2.24, 2.45) is 0 Å². The molecule has 0 saturated carbocycles. The van der Waals surface area contributed by atoms with Gasteiger partial charge in [-0.3, -0.25) is 4.90 Å². The Balaban J connectivity index is 0.00000196. The summed E-state index contributed by atoms with van der Waals surface area (Å²) in [6, 6.07) is 0. The lowest BCUT2D eigenvalue weighted by Gasteiger charge is -2.45. The van der Waals surface area contributed by atoms with E-state index in [2.05, 4.69) is 18.7 Å². The fraction of sp³-hybridized carbons (Fsp3) is 1.00. The zero-order chi connectivity index (χ0) is 10.6. The van der Waals surface area contributed by atoms with Crippen LogP contribution in [0.25, 0.3) is 0 Å². The number of hydrogen-bond acceptors (Lipinski definition) is 3. The molecule has 0 unspecified atom stereocenters. The molecule has 3 nitrogen and oxygen atoms in total. The average molecular weight is 258 g/mol. The van der Waals surface area contributed by atoms with E-state index in [0.717, 1.165) is 19.7 Å². The lowest BCUT2D eigenvalue weighted by Crippen LogP contribution is -2.57. The first kappa shape index (κ1) is 15.5. The lowest BCUT2D eigenvalue weighted by molar-refractivity contribution is -0.115. The smallest absolute Gasteiger partial charge is 0.0935 e. The Bertz CT molecular complexity index is 179. The normalized spacial score (nSPS) is 26.0. The molecule has 15 heavy (non-hydrogen) atoms. The molecule has 1 heterocycles. The van der Waals surface area contributed by atoms with E-state index in [9.17, 15) is 0 Å². The van der Waals surface area contributed by atoms with Crippen LogP contribution in [0.4, 0.5) is 0 Å². The Kier molecular flexibility index (Phi) is 7.13. The van der Waals surface area contributed by atoms with Gasteiger partial charge in [0.1, 0.15) is 0 Å². The molecule has 0 radical (unpaired) electrons. The molecule has 5 heteroatoms. The summed E-state index contributed by atoms with van der Waals surface area (Å²) in [6.07, 6.45) is 0.191. The summed E-state index contributed by atoms with van der Waals surface area (Å²) in [6.45, 7) is 7.60. The highest BCUT2D eigenvalue weighted by molar-refractivity contribution is 6.18. The average Bonchev–Trinajstić information content (AvgIpc) is 2.12. The van der Waals surface area contributed by atoms with Gasteiger partial charge < -0.3 is 9.47 Å². The van der Waals surface area contributed by atoms with Crippen LogP contribution < -0.4 is 0 Å². The largest absolute Gasteiger partial charge is 0.382 e. The van der Waals surface area contributed by atoms with Crippen LogP contribution in [0.15, 0.2) is 0 Å². The first-order valence-electron chi connectivity index (χ1n) is 5.01. The Morgan fingerprint density at radius 3 is 2.73 bits per heavy atom. The molecule has 0 aromatic carbocycles. The Hall–Kier alpha value is 0.460. The van der Waals surface area contributed by atoms with Gasteiger partial charge in [-0.15, -0.1) is 24.0 Å². The minimum absolute atomic E-state index is 0. The number of halogens is 2. The van der Waals surface area contributed by atoms with Gasteiger partial charge in [-0.25, -0.2) is 0 Å². The monoisotopic (exact) mass is 257 g/mol. The molecular formula is C10H21Cl2NO2. The van der Waals surface area contributed by atoms with Crippen LogP contribution in [0.3, 0.4) is 0 Å². The summed E-state index contributed by atoms with van der Waals surface area (Å²) in [5.41, 5.74) is 0.0964. The quantitative estimate of drug-likeness (QED) is 0.717. The van der Waals surface area contributed by atoms with Crippen LogP contribution >= 0.6 is 24.0 Å². The van der Waals surface area contributed by atoms with Gasteiger partial charge >= 0.3 is 0 Å². The summed E-state index contributed by atoms with van der Waals surface area (Å²) in [5.74, 6) is 0.670. The van der Waals surface area contributed by atoms with Gasteiger partial charge in [0.25, 0.3) is 0 Å². The minimum Gasteiger partial charge on any atom is -0.382 e. The van der Waals surface area contributed by atoms with Gasteiger partial charge in [0.2, 0.25) is 0 Å². The number of rotatable bonds is 4. The molecule has 1 rings (SSSR count). The SMILES string of the molecule is COC[C@@H]1CN(CCCl)C(C)(C)CO1.Cl. The van der Waals surface area contributed by atoms with Crippen molar-refractivity contribution in [2.75, 3.05) is 39.3 Å². The molecule has 1 saturated heterocycles. The number of methoxy groups -OCH3 is 1. The number of hydrogen-bond donors (Lipinski definition) is 0. The predicted octanol–water partition coefficient (Wildman–Crippen LogP) is 1.77. The van der Waals surface area contributed by atoms with Gasteiger partial charge in [-0.1, -0.05) is 0 Å². The fourth-order valence-corrected chi connectivity index (χ4v) is 1.95. The van der Waals surface area contributed by atoms with E-state index < -0.39 is 0 Å². The molecule has 1 aliphatic rings. The molecule has 1 fully saturated rings. The van der Waals surface area contributed by atoms with Crippen molar-refractivity contribution >= 4 is 24.0 Å². The highest BCUT2D eigenvalue weighted by Crippen LogP contribution is 2.21. The van der Waals surface area contributed by atoms with Crippen LogP contribution in [-0.4, -0.2) is 55.8 Å². The van der Waals surface area contributed by atoms with Crippen molar-refractivity contribution in [1.29, 1.82) is 0 Å². The highest BCUT2D eigenvalue weighted by Gasteiger charge is 2.34. The zero-order valence-electron chi connectivity index (χ0n) is 9.66. The number of alkyl halides is 1. The third-order valence-corrected chi connectivity index (χ3v) is 2.83. The van der Waals surface area contributed by atoms with Gasteiger partial charge in [-0.2, -0.15) is 0 Å². The van der Waals surface area contributed by atoms with Gasteiger partial charge in [0.05, 0.1) is 19.3 Å². The molecule has 0 aromatic heterocycles. The summed E-state index contributed by atoms with van der Waals surface area (Å²) in [4.78, 5) is 2.37. The summed E-state index contributed by atoms with van der Waals surface area (Å²) < 4.78 is 10.8. The van der Waals surface area contributed by atoms with Crippen molar-refractivity contribution < 1.29 is 9.47 Å². The Morgan fingerprint density at radius 2 is 2.20 bits per heavy atom. The Labute approximate surface area is 103 Å².